The minimum absolute atomic E-state index is 0.466. The molecule has 1 heterocycles. The van der Waals surface area contributed by atoms with Gasteiger partial charge in [-0.15, -0.1) is 0 Å². The van der Waals surface area contributed by atoms with Crippen LogP contribution >= 0.6 is 15.9 Å². The monoisotopic (exact) mass is 178 g/mol. The second kappa shape index (κ2) is 2.83. The number of ether oxygens (including phenoxy) is 1. The lowest BCUT2D eigenvalue weighted by Crippen LogP contribution is -2.22. The van der Waals surface area contributed by atoms with Crippen molar-refractivity contribution in [1.82, 2.24) is 0 Å². The van der Waals surface area contributed by atoms with Gasteiger partial charge in [-0.1, -0.05) is 15.9 Å². The number of hydrogen-bond acceptors (Lipinski definition) is 1. The molecule has 1 aliphatic heterocycles. The van der Waals surface area contributed by atoms with Crippen LogP contribution in [-0.2, 0) is 4.74 Å². The molecule has 0 amide bonds. The summed E-state index contributed by atoms with van der Waals surface area (Å²) in [5.74, 6) is 0. The normalized spacial score (nSPS) is 39.8. The average Bonchev–Trinajstić information content (AvgIpc) is 1.64. The van der Waals surface area contributed by atoms with Crippen molar-refractivity contribution in [2.75, 3.05) is 6.61 Å². The summed E-state index contributed by atoms with van der Waals surface area (Å²) in [6.07, 6.45) is 2.80. The fraction of sp³-hybridized carbons (Fsp3) is 1.00. The molecule has 0 spiro atoms. The van der Waals surface area contributed by atoms with Crippen molar-refractivity contribution in [3.05, 3.63) is 0 Å². The average molecular weight is 179 g/mol. The highest BCUT2D eigenvalue weighted by Gasteiger charge is 2.15. The van der Waals surface area contributed by atoms with Crippen molar-refractivity contribution in [1.29, 1.82) is 0 Å². The Labute approximate surface area is 58.5 Å². The molecule has 0 saturated carbocycles. The minimum atomic E-state index is 0.466. The Morgan fingerprint density at radius 2 is 2.38 bits per heavy atom. The molecule has 48 valence electrons. The van der Waals surface area contributed by atoms with E-state index in [4.69, 9.17) is 4.74 Å². The van der Waals surface area contributed by atoms with Crippen LogP contribution < -0.4 is 0 Å². The van der Waals surface area contributed by atoms with Gasteiger partial charge in [-0.25, -0.2) is 0 Å². The predicted molar refractivity (Wildman–Crippen MR) is 37.4 cm³/mol. The Hall–Kier alpha value is 0.440. The maximum atomic E-state index is 5.32. The van der Waals surface area contributed by atoms with Crippen LogP contribution in [0.25, 0.3) is 0 Å². The van der Waals surface area contributed by atoms with E-state index in [1.54, 1.807) is 0 Å². The van der Waals surface area contributed by atoms with Gasteiger partial charge in [-0.05, 0) is 19.8 Å². The SMILES string of the molecule is C[C@H]1C[C@H](Br)CCO1. The molecule has 2 heteroatoms. The van der Waals surface area contributed by atoms with E-state index < -0.39 is 0 Å². The number of hydrogen-bond donors (Lipinski definition) is 0. The first-order chi connectivity index (χ1) is 3.79. The summed E-state index contributed by atoms with van der Waals surface area (Å²) >= 11 is 3.55. The molecule has 0 aromatic heterocycles. The van der Waals surface area contributed by atoms with Crippen LogP contribution in [0.2, 0.25) is 0 Å². The highest BCUT2D eigenvalue weighted by Crippen LogP contribution is 2.19. The first kappa shape index (κ1) is 6.56. The van der Waals surface area contributed by atoms with Gasteiger partial charge in [-0.3, -0.25) is 0 Å². The van der Waals surface area contributed by atoms with E-state index in [1.807, 2.05) is 0 Å². The summed E-state index contributed by atoms with van der Waals surface area (Å²) in [5.41, 5.74) is 0. The highest BCUT2D eigenvalue weighted by atomic mass is 79.9. The molecule has 8 heavy (non-hydrogen) atoms. The van der Waals surface area contributed by atoms with Crippen LogP contribution in [0.15, 0.2) is 0 Å². The molecule has 0 aromatic carbocycles. The Kier molecular flexibility index (Phi) is 2.32. The molecule has 1 fully saturated rings. The van der Waals surface area contributed by atoms with Crippen molar-refractivity contribution >= 4 is 15.9 Å². The van der Waals surface area contributed by atoms with E-state index in [2.05, 4.69) is 22.9 Å². The van der Waals surface area contributed by atoms with Crippen molar-refractivity contribution in [3.8, 4) is 0 Å². The number of alkyl halides is 1. The van der Waals surface area contributed by atoms with Gasteiger partial charge < -0.3 is 4.74 Å². The maximum absolute atomic E-state index is 5.32. The molecule has 1 aliphatic rings. The molecular weight excluding hydrogens is 168 g/mol. The summed E-state index contributed by atoms with van der Waals surface area (Å²) in [5, 5.41) is 0. The third kappa shape index (κ3) is 1.75. The largest absolute Gasteiger partial charge is 0.378 e. The van der Waals surface area contributed by atoms with Crippen molar-refractivity contribution in [2.24, 2.45) is 0 Å². The first-order valence-electron chi connectivity index (χ1n) is 3.04. The van der Waals surface area contributed by atoms with Crippen LogP contribution in [0.4, 0.5) is 0 Å². The molecule has 0 aromatic rings. The molecule has 0 bridgehead atoms. The molecule has 0 unspecified atom stereocenters. The van der Waals surface area contributed by atoms with E-state index in [9.17, 15) is 0 Å². The quantitative estimate of drug-likeness (QED) is 0.516. The van der Waals surface area contributed by atoms with Crippen LogP contribution in [-0.4, -0.2) is 17.5 Å². The Bertz CT molecular complexity index is 66.9. The number of rotatable bonds is 0. The van der Waals surface area contributed by atoms with E-state index in [0.29, 0.717) is 10.9 Å². The molecule has 1 rings (SSSR count). The van der Waals surface area contributed by atoms with Gasteiger partial charge in [0.05, 0.1) is 6.10 Å². The van der Waals surface area contributed by atoms with Crippen molar-refractivity contribution in [3.63, 3.8) is 0 Å². The predicted octanol–water partition coefficient (Wildman–Crippen LogP) is 1.95. The second-order valence-electron chi connectivity index (χ2n) is 2.30. The standard InChI is InChI=1S/C6H11BrO/c1-5-4-6(7)2-3-8-5/h5-6H,2-4H2,1H3/t5-,6+/m0/s1. The molecule has 0 radical (unpaired) electrons. The van der Waals surface area contributed by atoms with E-state index in [-0.39, 0.29) is 0 Å². The molecule has 1 saturated heterocycles. The molecule has 1 nitrogen and oxygen atoms in total. The van der Waals surface area contributed by atoms with Gasteiger partial charge in [0.25, 0.3) is 0 Å². The molecule has 2 atom stereocenters. The van der Waals surface area contributed by atoms with Gasteiger partial charge in [-0.2, -0.15) is 0 Å². The fourth-order valence-corrected chi connectivity index (χ4v) is 1.66. The zero-order valence-corrected chi connectivity index (χ0v) is 6.65. The zero-order valence-electron chi connectivity index (χ0n) is 5.06. The van der Waals surface area contributed by atoms with Crippen LogP contribution in [0, 0.1) is 0 Å². The fourth-order valence-electron chi connectivity index (χ4n) is 0.943. The Balaban J connectivity index is 2.23. The van der Waals surface area contributed by atoms with Crippen molar-refractivity contribution in [2.45, 2.75) is 30.7 Å². The minimum Gasteiger partial charge on any atom is -0.378 e. The van der Waals surface area contributed by atoms with Crippen LogP contribution in [0.3, 0.4) is 0 Å². The zero-order chi connectivity index (χ0) is 5.98. The number of halogens is 1. The topological polar surface area (TPSA) is 9.23 Å². The van der Waals surface area contributed by atoms with Crippen LogP contribution in [0.5, 0.6) is 0 Å². The Morgan fingerprint density at radius 3 is 2.75 bits per heavy atom. The van der Waals surface area contributed by atoms with Gasteiger partial charge >= 0.3 is 0 Å². The summed E-state index contributed by atoms with van der Waals surface area (Å²) in [7, 11) is 0. The summed E-state index contributed by atoms with van der Waals surface area (Å²) < 4.78 is 5.32. The van der Waals surface area contributed by atoms with Gasteiger partial charge in [0, 0.05) is 11.4 Å². The van der Waals surface area contributed by atoms with E-state index in [1.165, 1.54) is 12.8 Å². The molecular formula is C6H11BrO. The summed E-state index contributed by atoms with van der Waals surface area (Å²) in [6, 6.07) is 0. The van der Waals surface area contributed by atoms with Gasteiger partial charge in [0.1, 0.15) is 0 Å². The Morgan fingerprint density at radius 1 is 1.62 bits per heavy atom. The van der Waals surface area contributed by atoms with E-state index >= 15 is 0 Å². The third-order valence-corrected chi connectivity index (χ3v) is 2.25. The van der Waals surface area contributed by atoms with Crippen molar-refractivity contribution < 1.29 is 4.74 Å². The van der Waals surface area contributed by atoms with Crippen LogP contribution in [0.1, 0.15) is 19.8 Å². The van der Waals surface area contributed by atoms with Gasteiger partial charge in [0.15, 0.2) is 0 Å². The molecule has 0 aliphatic carbocycles. The third-order valence-electron chi connectivity index (χ3n) is 1.42. The lowest BCUT2D eigenvalue weighted by Gasteiger charge is -2.22. The molecule has 0 N–H and O–H groups in total. The lowest BCUT2D eigenvalue weighted by molar-refractivity contribution is 0.0323. The summed E-state index contributed by atoms with van der Waals surface area (Å²) in [6.45, 7) is 3.05. The smallest absolute Gasteiger partial charge is 0.0557 e. The highest BCUT2D eigenvalue weighted by molar-refractivity contribution is 9.09. The summed E-state index contributed by atoms with van der Waals surface area (Å²) in [4.78, 5) is 0.700. The first-order valence-corrected chi connectivity index (χ1v) is 3.96. The van der Waals surface area contributed by atoms with Gasteiger partial charge in [0.2, 0.25) is 0 Å². The maximum Gasteiger partial charge on any atom is 0.0557 e. The second-order valence-corrected chi connectivity index (χ2v) is 3.60. The van der Waals surface area contributed by atoms with E-state index in [0.717, 1.165) is 6.61 Å². The lowest BCUT2D eigenvalue weighted by atomic mass is 10.1.